The third-order valence-electron chi connectivity index (χ3n) is 2.56. The van der Waals surface area contributed by atoms with E-state index in [4.69, 9.17) is 4.42 Å². The average molecular weight is 246 g/mol. The molecule has 0 fully saturated rings. The van der Waals surface area contributed by atoms with E-state index < -0.39 is 5.76 Å². The summed E-state index contributed by atoms with van der Waals surface area (Å²) in [6.45, 7) is 7.10. The van der Waals surface area contributed by atoms with Crippen molar-refractivity contribution in [1.82, 2.24) is 10.3 Å². The second-order valence-corrected chi connectivity index (χ2v) is 4.26. The van der Waals surface area contributed by atoms with Crippen molar-refractivity contribution in [3.63, 3.8) is 0 Å². The molecule has 2 rings (SSSR count). The number of nitrogens with one attached hydrogen (secondary N) is 2. The van der Waals surface area contributed by atoms with Gasteiger partial charge in [0, 0.05) is 19.0 Å². The number of H-pyrrole nitrogens is 1. The number of allylic oxidation sites excluding steroid dienone is 1. The number of hydrogen-bond donors (Lipinski definition) is 2. The molecule has 1 aromatic carbocycles. The molecule has 5 heteroatoms. The number of aryl methyl sites for hydroxylation is 1. The molecule has 18 heavy (non-hydrogen) atoms. The zero-order valence-corrected chi connectivity index (χ0v) is 10.3. The Labute approximate surface area is 104 Å². The summed E-state index contributed by atoms with van der Waals surface area (Å²) in [6.07, 6.45) is 0.505. The molecule has 0 aliphatic rings. The lowest BCUT2D eigenvalue weighted by Gasteiger charge is -2.07. The van der Waals surface area contributed by atoms with E-state index >= 15 is 0 Å². The van der Waals surface area contributed by atoms with E-state index in [1.54, 1.807) is 6.07 Å². The summed E-state index contributed by atoms with van der Waals surface area (Å²) < 4.78 is 5.02. The number of carbonyl (C=O) groups excluding carboxylic acids is 1. The molecule has 2 N–H and O–H groups in total. The zero-order valence-electron chi connectivity index (χ0n) is 10.3. The average Bonchev–Trinajstić information content (AvgIpc) is 2.57. The Morgan fingerprint density at radius 3 is 2.89 bits per heavy atom. The van der Waals surface area contributed by atoms with Gasteiger partial charge in [0.05, 0.1) is 5.52 Å². The highest BCUT2D eigenvalue weighted by atomic mass is 16.4. The zero-order chi connectivity index (χ0) is 13.3. The molecule has 5 nitrogen and oxygen atoms in total. The summed E-state index contributed by atoms with van der Waals surface area (Å²) in [5.74, 6) is -0.614. The lowest BCUT2D eigenvalue weighted by molar-refractivity contribution is -0.118. The van der Waals surface area contributed by atoms with E-state index in [0.29, 0.717) is 23.2 Å². The number of carbonyl (C=O) groups is 1. The molecule has 0 spiro atoms. The van der Waals surface area contributed by atoms with Gasteiger partial charge in [0.25, 0.3) is 0 Å². The first-order chi connectivity index (χ1) is 8.45. The van der Waals surface area contributed by atoms with Crippen LogP contribution in [0.15, 0.2) is 33.6 Å². The third kappa shape index (κ3) is 2.51. The van der Waals surface area contributed by atoms with E-state index in [1.807, 2.05) is 13.0 Å². The van der Waals surface area contributed by atoms with Gasteiger partial charge in [-0.2, -0.15) is 0 Å². The molecular formula is C13H14N2O3. The van der Waals surface area contributed by atoms with Gasteiger partial charge in [-0.25, -0.2) is 4.79 Å². The van der Waals surface area contributed by atoms with Crippen molar-refractivity contribution in [2.24, 2.45) is 0 Å². The third-order valence-corrected chi connectivity index (χ3v) is 2.56. The quantitative estimate of drug-likeness (QED) is 0.864. The monoisotopic (exact) mass is 246 g/mol. The van der Waals surface area contributed by atoms with Crippen molar-refractivity contribution in [3.05, 3.63) is 46.1 Å². The largest absolute Gasteiger partial charge is 0.417 e. The minimum absolute atomic E-state index is 0.147. The molecule has 0 saturated carbocycles. The highest BCUT2D eigenvalue weighted by molar-refractivity contribution is 5.77. The number of hydrogen-bond acceptors (Lipinski definition) is 3. The van der Waals surface area contributed by atoms with Crippen LogP contribution in [0.2, 0.25) is 0 Å². The van der Waals surface area contributed by atoms with E-state index in [9.17, 15) is 9.59 Å². The number of amides is 1. The Hall–Kier alpha value is -2.30. The standard InChI is InChI=1S/C13H14N2O3/c1-7-4-10(5-8(2)14-9(3)16)6-11-12(7)15-13(17)18-11/h4,6H,2,5H2,1,3H3,(H,14,16)(H,15,17). The first kappa shape index (κ1) is 12.2. The fraction of sp³-hybridized carbons (Fsp3) is 0.231. The van der Waals surface area contributed by atoms with Crippen LogP contribution in [0.5, 0.6) is 0 Å². The van der Waals surface area contributed by atoms with Crippen LogP contribution in [0.3, 0.4) is 0 Å². The molecule has 0 aliphatic heterocycles. The van der Waals surface area contributed by atoms with Crippen LogP contribution in [0.1, 0.15) is 18.1 Å². The lowest BCUT2D eigenvalue weighted by atomic mass is 10.1. The maximum absolute atomic E-state index is 11.1. The fourth-order valence-corrected chi connectivity index (χ4v) is 1.94. The predicted octanol–water partition coefficient (Wildman–Crippen LogP) is 1.62. The van der Waals surface area contributed by atoms with Gasteiger partial charge < -0.3 is 9.73 Å². The summed E-state index contributed by atoms with van der Waals surface area (Å²) in [5.41, 5.74) is 3.68. The lowest BCUT2D eigenvalue weighted by Crippen LogP contribution is -2.19. The molecule has 1 amide bonds. The van der Waals surface area contributed by atoms with Gasteiger partial charge in [0.2, 0.25) is 5.91 Å². The van der Waals surface area contributed by atoms with Crippen LogP contribution < -0.4 is 11.1 Å². The molecule has 0 atom stereocenters. The highest BCUT2D eigenvalue weighted by Gasteiger charge is 2.07. The van der Waals surface area contributed by atoms with Gasteiger partial charge in [-0.15, -0.1) is 0 Å². The molecule has 0 bridgehead atoms. The van der Waals surface area contributed by atoms with Gasteiger partial charge in [0.15, 0.2) is 5.58 Å². The van der Waals surface area contributed by atoms with Crippen molar-refractivity contribution in [2.45, 2.75) is 20.3 Å². The second kappa shape index (κ2) is 4.52. The van der Waals surface area contributed by atoms with Crippen molar-refractivity contribution in [1.29, 1.82) is 0 Å². The number of rotatable bonds is 3. The van der Waals surface area contributed by atoms with Crippen LogP contribution in [0, 0.1) is 6.92 Å². The Morgan fingerprint density at radius 1 is 1.50 bits per heavy atom. The molecule has 2 aromatic rings. The smallest absolute Gasteiger partial charge is 0.408 e. The van der Waals surface area contributed by atoms with E-state index in [-0.39, 0.29) is 5.91 Å². The Kier molecular flexibility index (Phi) is 3.06. The van der Waals surface area contributed by atoms with Gasteiger partial charge in [0.1, 0.15) is 0 Å². The first-order valence-corrected chi connectivity index (χ1v) is 5.53. The van der Waals surface area contributed by atoms with Crippen molar-refractivity contribution < 1.29 is 9.21 Å². The van der Waals surface area contributed by atoms with Crippen molar-refractivity contribution >= 4 is 17.0 Å². The number of benzene rings is 1. The number of aromatic amines is 1. The molecule has 0 aliphatic carbocycles. The minimum atomic E-state index is -0.467. The Bertz CT molecular complexity index is 679. The minimum Gasteiger partial charge on any atom is -0.408 e. The topological polar surface area (TPSA) is 75.1 Å². The van der Waals surface area contributed by atoms with E-state index in [0.717, 1.165) is 11.1 Å². The summed E-state index contributed by atoms with van der Waals surface area (Å²) in [6, 6.07) is 3.70. The van der Waals surface area contributed by atoms with E-state index in [1.165, 1.54) is 6.92 Å². The van der Waals surface area contributed by atoms with Crippen LogP contribution in [-0.2, 0) is 11.2 Å². The fourth-order valence-electron chi connectivity index (χ4n) is 1.94. The predicted molar refractivity (Wildman–Crippen MR) is 68.2 cm³/mol. The summed E-state index contributed by atoms with van der Waals surface area (Å²) in [7, 11) is 0. The summed E-state index contributed by atoms with van der Waals surface area (Å²) in [5, 5.41) is 2.63. The van der Waals surface area contributed by atoms with E-state index in [2.05, 4.69) is 16.9 Å². The Balaban J connectivity index is 2.32. The molecule has 0 saturated heterocycles. The van der Waals surface area contributed by atoms with Crippen LogP contribution >= 0.6 is 0 Å². The van der Waals surface area contributed by atoms with Crippen molar-refractivity contribution in [2.75, 3.05) is 0 Å². The number of oxazole rings is 1. The SMILES string of the molecule is C=C(Cc1cc(C)c2[nH]c(=O)oc2c1)NC(C)=O. The second-order valence-electron chi connectivity index (χ2n) is 4.26. The maximum atomic E-state index is 11.1. The first-order valence-electron chi connectivity index (χ1n) is 5.53. The molecule has 1 aromatic heterocycles. The number of fused-ring (bicyclic) bond motifs is 1. The molecule has 0 radical (unpaired) electrons. The maximum Gasteiger partial charge on any atom is 0.417 e. The normalized spacial score (nSPS) is 10.6. The number of aromatic nitrogens is 1. The van der Waals surface area contributed by atoms with Gasteiger partial charge in [-0.1, -0.05) is 12.6 Å². The summed E-state index contributed by atoms with van der Waals surface area (Å²) >= 11 is 0. The molecule has 1 heterocycles. The van der Waals surface area contributed by atoms with Gasteiger partial charge >= 0.3 is 5.76 Å². The van der Waals surface area contributed by atoms with Gasteiger partial charge in [-0.3, -0.25) is 9.78 Å². The van der Waals surface area contributed by atoms with Gasteiger partial charge in [-0.05, 0) is 24.1 Å². The molecular weight excluding hydrogens is 232 g/mol. The molecule has 94 valence electrons. The van der Waals surface area contributed by atoms with Crippen LogP contribution in [-0.4, -0.2) is 10.9 Å². The van der Waals surface area contributed by atoms with Crippen LogP contribution in [0.25, 0.3) is 11.1 Å². The van der Waals surface area contributed by atoms with Crippen molar-refractivity contribution in [3.8, 4) is 0 Å². The highest BCUT2D eigenvalue weighted by Crippen LogP contribution is 2.18. The summed E-state index contributed by atoms with van der Waals surface area (Å²) in [4.78, 5) is 24.6. The van der Waals surface area contributed by atoms with Crippen LogP contribution in [0.4, 0.5) is 0 Å². The Morgan fingerprint density at radius 2 is 2.22 bits per heavy atom. The molecule has 0 unspecified atom stereocenters.